The van der Waals surface area contributed by atoms with Crippen LogP contribution < -0.4 is 5.32 Å². The minimum absolute atomic E-state index is 0.157. The molecule has 28 heavy (non-hydrogen) atoms. The number of likely N-dealkylation sites (tertiary alicyclic amines) is 1. The zero-order valence-corrected chi connectivity index (χ0v) is 16.6. The number of piperidine rings is 1. The standard InChI is InChI=1S/C24H29N3O/c1-24-14-20-16-27(22(24)10-6-5-9-21(24)26-20)23(28)18-11-12-19(25-15-18)13-17-7-3-2-4-8-17/h2-4,7-8,11-12,15,20-22,26H,5-6,9-10,13-14,16H2,1H3/t20-,21-,22+,24-/m0/s1. The summed E-state index contributed by atoms with van der Waals surface area (Å²) < 4.78 is 0. The molecule has 2 aromatic rings. The second-order valence-corrected chi connectivity index (χ2v) is 9.08. The highest BCUT2D eigenvalue weighted by molar-refractivity contribution is 5.94. The summed E-state index contributed by atoms with van der Waals surface area (Å²) in [5, 5.41) is 3.83. The van der Waals surface area contributed by atoms with Crippen LogP contribution in [0.15, 0.2) is 48.7 Å². The minimum atomic E-state index is 0.157. The summed E-state index contributed by atoms with van der Waals surface area (Å²) >= 11 is 0. The SMILES string of the molecule is C[C@@]12C[C@H]3CN(C(=O)c4ccc(Cc5ccccc5)nc4)[C@@H]1CCCC[C@@H]2N3. The molecule has 3 fully saturated rings. The predicted molar refractivity (Wildman–Crippen MR) is 110 cm³/mol. The van der Waals surface area contributed by atoms with Crippen molar-refractivity contribution in [3.63, 3.8) is 0 Å². The highest BCUT2D eigenvalue weighted by Gasteiger charge is 2.55. The van der Waals surface area contributed by atoms with Gasteiger partial charge in [0.2, 0.25) is 0 Å². The molecule has 4 nitrogen and oxygen atoms in total. The number of nitrogens with zero attached hydrogens (tertiary/aromatic N) is 2. The lowest BCUT2D eigenvalue weighted by Gasteiger charge is -2.46. The first-order valence-corrected chi connectivity index (χ1v) is 10.7. The van der Waals surface area contributed by atoms with E-state index < -0.39 is 0 Å². The lowest BCUT2D eigenvalue weighted by Crippen LogP contribution is -2.55. The van der Waals surface area contributed by atoms with Crippen LogP contribution in [0.3, 0.4) is 0 Å². The predicted octanol–water partition coefficient (Wildman–Crippen LogP) is 3.81. The van der Waals surface area contributed by atoms with Gasteiger partial charge in [0.1, 0.15) is 0 Å². The van der Waals surface area contributed by atoms with Gasteiger partial charge in [-0.1, -0.05) is 50.1 Å². The molecular formula is C24H29N3O. The summed E-state index contributed by atoms with van der Waals surface area (Å²) in [6.07, 6.45) is 8.66. The second kappa shape index (κ2) is 7.00. The summed E-state index contributed by atoms with van der Waals surface area (Å²) in [4.78, 5) is 20.2. The summed E-state index contributed by atoms with van der Waals surface area (Å²) in [5.41, 5.74) is 3.19. The lowest BCUT2D eigenvalue weighted by atomic mass is 9.71. The Kier molecular flexibility index (Phi) is 4.47. The number of hydrogen-bond donors (Lipinski definition) is 1. The van der Waals surface area contributed by atoms with Crippen molar-refractivity contribution < 1.29 is 4.79 Å². The third-order valence-electron chi connectivity index (χ3n) is 7.25. The lowest BCUT2D eigenvalue weighted by molar-refractivity contribution is 0.0283. The molecule has 3 aliphatic rings. The molecule has 2 saturated heterocycles. The molecule has 2 bridgehead atoms. The van der Waals surface area contributed by atoms with Crippen LogP contribution in [0, 0.1) is 5.41 Å². The monoisotopic (exact) mass is 375 g/mol. The molecule has 1 aromatic carbocycles. The van der Waals surface area contributed by atoms with Gasteiger partial charge < -0.3 is 10.2 Å². The number of amides is 1. The fraction of sp³-hybridized carbons (Fsp3) is 0.500. The van der Waals surface area contributed by atoms with Gasteiger partial charge in [-0.25, -0.2) is 0 Å². The fourth-order valence-electron chi connectivity index (χ4n) is 5.85. The van der Waals surface area contributed by atoms with Gasteiger partial charge in [0.25, 0.3) is 5.91 Å². The number of carbonyl (C=O) groups is 1. The second-order valence-electron chi connectivity index (χ2n) is 9.08. The van der Waals surface area contributed by atoms with Gasteiger partial charge in [-0.3, -0.25) is 9.78 Å². The molecule has 146 valence electrons. The number of benzene rings is 1. The first-order chi connectivity index (χ1) is 13.6. The average molecular weight is 376 g/mol. The van der Waals surface area contributed by atoms with Gasteiger partial charge in [-0.15, -0.1) is 0 Å². The van der Waals surface area contributed by atoms with Crippen LogP contribution in [0.2, 0.25) is 0 Å². The Bertz CT molecular complexity index is 850. The van der Waals surface area contributed by atoms with Crippen molar-refractivity contribution in [2.45, 2.75) is 63.6 Å². The molecule has 3 heterocycles. The van der Waals surface area contributed by atoms with Crippen molar-refractivity contribution in [1.82, 2.24) is 15.2 Å². The smallest absolute Gasteiger partial charge is 0.255 e. The summed E-state index contributed by atoms with van der Waals surface area (Å²) in [7, 11) is 0. The van der Waals surface area contributed by atoms with E-state index >= 15 is 0 Å². The molecule has 4 atom stereocenters. The van der Waals surface area contributed by atoms with E-state index in [1.165, 1.54) is 31.2 Å². The van der Waals surface area contributed by atoms with Gasteiger partial charge in [0.05, 0.1) is 5.56 Å². The fourth-order valence-corrected chi connectivity index (χ4v) is 5.85. The van der Waals surface area contributed by atoms with Crippen LogP contribution >= 0.6 is 0 Å². The number of pyridine rings is 1. The van der Waals surface area contributed by atoms with E-state index in [1.54, 1.807) is 6.20 Å². The van der Waals surface area contributed by atoms with Crippen molar-refractivity contribution in [1.29, 1.82) is 0 Å². The molecule has 0 radical (unpaired) electrons. The first-order valence-electron chi connectivity index (χ1n) is 10.7. The maximum Gasteiger partial charge on any atom is 0.255 e. The zero-order valence-electron chi connectivity index (χ0n) is 16.6. The van der Waals surface area contributed by atoms with Gasteiger partial charge >= 0.3 is 0 Å². The highest BCUT2D eigenvalue weighted by Crippen LogP contribution is 2.49. The Balaban J connectivity index is 1.36. The molecule has 1 aliphatic carbocycles. The van der Waals surface area contributed by atoms with Crippen molar-refractivity contribution >= 4 is 5.91 Å². The molecule has 1 saturated carbocycles. The van der Waals surface area contributed by atoms with Crippen LogP contribution in [0.25, 0.3) is 0 Å². The maximum absolute atomic E-state index is 13.4. The highest BCUT2D eigenvalue weighted by atomic mass is 16.2. The van der Waals surface area contributed by atoms with Gasteiger partial charge in [-0.05, 0) is 37.0 Å². The summed E-state index contributed by atoms with van der Waals surface area (Å²) in [5.74, 6) is 0.157. The van der Waals surface area contributed by atoms with E-state index in [-0.39, 0.29) is 11.3 Å². The topological polar surface area (TPSA) is 45.2 Å². The Morgan fingerprint density at radius 2 is 2.00 bits per heavy atom. The van der Waals surface area contributed by atoms with Crippen LogP contribution in [0.5, 0.6) is 0 Å². The Morgan fingerprint density at radius 3 is 2.79 bits per heavy atom. The van der Waals surface area contributed by atoms with Crippen LogP contribution in [-0.2, 0) is 6.42 Å². The van der Waals surface area contributed by atoms with Crippen LogP contribution in [0.1, 0.15) is 60.6 Å². The van der Waals surface area contributed by atoms with E-state index in [4.69, 9.17) is 0 Å². The van der Waals surface area contributed by atoms with E-state index in [0.29, 0.717) is 18.1 Å². The van der Waals surface area contributed by atoms with Gasteiger partial charge in [-0.2, -0.15) is 0 Å². The zero-order chi connectivity index (χ0) is 19.1. The quantitative estimate of drug-likeness (QED) is 0.887. The maximum atomic E-state index is 13.4. The Labute approximate surface area is 167 Å². The summed E-state index contributed by atoms with van der Waals surface area (Å²) in [6, 6.07) is 15.7. The number of carbonyl (C=O) groups excluding carboxylic acids is 1. The van der Waals surface area contributed by atoms with E-state index in [1.807, 2.05) is 30.3 Å². The number of nitrogens with one attached hydrogen (secondary N) is 1. The Hall–Kier alpha value is -2.20. The number of rotatable bonds is 3. The largest absolute Gasteiger partial charge is 0.333 e. The first kappa shape index (κ1) is 17.9. The molecule has 5 rings (SSSR count). The van der Waals surface area contributed by atoms with E-state index in [0.717, 1.165) is 30.6 Å². The third-order valence-corrected chi connectivity index (χ3v) is 7.25. The number of fused-ring (bicyclic) bond motifs is 1. The third kappa shape index (κ3) is 3.04. The van der Waals surface area contributed by atoms with Crippen molar-refractivity contribution in [3.8, 4) is 0 Å². The molecule has 1 aromatic heterocycles. The van der Waals surface area contributed by atoms with Crippen molar-refractivity contribution in [2.75, 3.05) is 6.54 Å². The average Bonchev–Trinajstić information content (AvgIpc) is 2.87. The van der Waals surface area contributed by atoms with Crippen molar-refractivity contribution in [3.05, 3.63) is 65.5 Å². The number of hydrogen-bond acceptors (Lipinski definition) is 3. The van der Waals surface area contributed by atoms with Gasteiger partial charge in [0.15, 0.2) is 0 Å². The normalized spacial score (nSPS) is 31.5. The Morgan fingerprint density at radius 1 is 1.18 bits per heavy atom. The van der Waals surface area contributed by atoms with Crippen molar-refractivity contribution in [2.24, 2.45) is 5.41 Å². The van der Waals surface area contributed by atoms with Gasteiger partial charge in [0, 0.05) is 48.4 Å². The van der Waals surface area contributed by atoms with E-state index in [2.05, 4.69) is 34.3 Å². The summed E-state index contributed by atoms with van der Waals surface area (Å²) in [6.45, 7) is 3.24. The molecule has 1 amide bonds. The van der Waals surface area contributed by atoms with Crippen LogP contribution in [0.4, 0.5) is 0 Å². The van der Waals surface area contributed by atoms with E-state index in [9.17, 15) is 4.79 Å². The minimum Gasteiger partial charge on any atom is -0.333 e. The molecular weight excluding hydrogens is 346 g/mol. The number of aromatic nitrogens is 1. The van der Waals surface area contributed by atoms with Crippen LogP contribution in [-0.4, -0.2) is 40.5 Å². The molecule has 4 heteroatoms. The molecule has 0 unspecified atom stereocenters. The molecule has 2 aliphatic heterocycles. The molecule has 1 N–H and O–H groups in total. The molecule has 0 spiro atoms.